The van der Waals surface area contributed by atoms with Gasteiger partial charge in [0.25, 0.3) is 0 Å². The summed E-state index contributed by atoms with van der Waals surface area (Å²) < 4.78 is 0. The zero-order valence-electron chi connectivity index (χ0n) is 11.0. The van der Waals surface area contributed by atoms with Gasteiger partial charge in [-0.3, -0.25) is 9.59 Å². The average Bonchev–Trinajstić information content (AvgIpc) is 2.35. The fourth-order valence-corrected chi connectivity index (χ4v) is 1.68. The minimum Gasteiger partial charge on any atom is -0.366 e. The molecule has 0 aliphatic heterocycles. The third-order valence-corrected chi connectivity index (χ3v) is 3.05. The Bertz CT molecular complexity index is 477. The first kappa shape index (κ1) is 15.5. The van der Waals surface area contributed by atoms with Crippen molar-refractivity contribution in [3.63, 3.8) is 0 Å². The summed E-state index contributed by atoms with van der Waals surface area (Å²) in [5, 5.41) is 5.99. The number of anilines is 1. The average molecular weight is 284 g/mol. The number of halogens is 1. The van der Waals surface area contributed by atoms with Gasteiger partial charge in [-0.2, -0.15) is 0 Å². The first-order chi connectivity index (χ1) is 8.93. The highest BCUT2D eigenvalue weighted by Gasteiger charge is 2.09. The van der Waals surface area contributed by atoms with Crippen molar-refractivity contribution in [2.75, 3.05) is 11.9 Å². The summed E-state index contributed by atoms with van der Waals surface area (Å²) in [6, 6.07) is 4.87. The van der Waals surface area contributed by atoms with Crippen molar-refractivity contribution in [1.82, 2.24) is 5.32 Å². The summed E-state index contributed by atoms with van der Waals surface area (Å²) >= 11 is 5.89. The van der Waals surface area contributed by atoms with Gasteiger partial charge in [-0.15, -0.1) is 0 Å². The maximum atomic E-state index is 11.7. The highest BCUT2D eigenvalue weighted by Crippen LogP contribution is 2.20. The predicted molar refractivity (Wildman–Crippen MR) is 76.4 cm³/mol. The highest BCUT2D eigenvalue weighted by molar-refractivity contribution is 6.34. The topological polar surface area (TPSA) is 84.2 Å². The first-order valence-corrected chi connectivity index (χ1v) is 6.44. The molecular formula is C13H18ClN3O2. The summed E-state index contributed by atoms with van der Waals surface area (Å²) in [4.78, 5) is 22.7. The van der Waals surface area contributed by atoms with Gasteiger partial charge < -0.3 is 16.4 Å². The van der Waals surface area contributed by atoms with Crippen molar-refractivity contribution in [3.8, 4) is 0 Å². The fraction of sp³-hybridized carbons (Fsp3) is 0.385. The van der Waals surface area contributed by atoms with Gasteiger partial charge in [0.15, 0.2) is 0 Å². The van der Waals surface area contributed by atoms with Gasteiger partial charge in [-0.05, 0) is 31.5 Å². The number of rotatable bonds is 6. The zero-order chi connectivity index (χ0) is 14.4. The second-order valence-electron chi connectivity index (χ2n) is 4.30. The Kier molecular flexibility index (Phi) is 5.79. The van der Waals surface area contributed by atoms with E-state index < -0.39 is 5.91 Å². The molecule has 1 unspecified atom stereocenters. The van der Waals surface area contributed by atoms with E-state index in [4.69, 9.17) is 17.3 Å². The molecule has 0 aliphatic rings. The molecule has 1 rings (SSSR count). The molecule has 0 radical (unpaired) electrons. The number of carbonyl (C=O) groups excluding carboxylic acids is 2. The molecule has 0 saturated carbocycles. The smallest absolute Gasteiger partial charge is 0.250 e. The van der Waals surface area contributed by atoms with Gasteiger partial charge in [-0.25, -0.2) is 0 Å². The Morgan fingerprint density at radius 3 is 2.63 bits per heavy atom. The van der Waals surface area contributed by atoms with Crippen LogP contribution in [0.2, 0.25) is 5.02 Å². The molecule has 1 aromatic carbocycles. The standard InChI is InChI=1S/C13H18ClN3O2/c1-3-8(2)16-7-12(18)17-9-4-5-10(13(15)19)11(14)6-9/h4-6,8,16H,3,7H2,1-2H3,(H2,15,19)(H,17,18). The Morgan fingerprint density at radius 1 is 1.42 bits per heavy atom. The second kappa shape index (κ2) is 7.11. The molecule has 0 spiro atoms. The van der Waals surface area contributed by atoms with Crippen LogP contribution in [0.3, 0.4) is 0 Å². The van der Waals surface area contributed by atoms with Crippen molar-refractivity contribution >= 4 is 29.1 Å². The number of nitrogens with one attached hydrogen (secondary N) is 2. The van der Waals surface area contributed by atoms with Crippen molar-refractivity contribution in [2.24, 2.45) is 5.73 Å². The Morgan fingerprint density at radius 2 is 2.11 bits per heavy atom. The van der Waals surface area contributed by atoms with Crippen LogP contribution in [0, 0.1) is 0 Å². The molecule has 5 nitrogen and oxygen atoms in total. The Labute approximate surface area is 117 Å². The lowest BCUT2D eigenvalue weighted by Crippen LogP contribution is -2.33. The van der Waals surface area contributed by atoms with Gasteiger partial charge in [0, 0.05) is 11.7 Å². The number of hydrogen-bond donors (Lipinski definition) is 3. The molecule has 0 aliphatic carbocycles. The Balaban J connectivity index is 2.60. The van der Waals surface area contributed by atoms with Crippen LogP contribution in [0.15, 0.2) is 18.2 Å². The third-order valence-electron chi connectivity index (χ3n) is 2.74. The largest absolute Gasteiger partial charge is 0.366 e. The zero-order valence-corrected chi connectivity index (χ0v) is 11.8. The lowest BCUT2D eigenvalue weighted by molar-refractivity contribution is -0.115. The maximum Gasteiger partial charge on any atom is 0.250 e. The fourth-order valence-electron chi connectivity index (χ4n) is 1.41. The number of benzene rings is 1. The van der Waals surface area contributed by atoms with E-state index in [2.05, 4.69) is 10.6 Å². The number of carbonyl (C=O) groups is 2. The van der Waals surface area contributed by atoms with E-state index in [9.17, 15) is 9.59 Å². The van der Waals surface area contributed by atoms with E-state index in [0.717, 1.165) is 6.42 Å². The van der Waals surface area contributed by atoms with Crippen molar-refractivity contribution in [3.05, 3.63) is 28.8 Å². The van der Waals surface area contributed by atoms with Crippen LogP contribution in [0.25, 0.3) is 0 Å². The highest BCUT2D eigenvalue weighted by atomic mass is 35.5. The molecule has 0 heterocycles. The molecule has 4 N–H and O–H groups in total. The SMILES string of the molecule is CCC(C)NCC(=O)Nc1ccc(C(N)=O)c(Cl)c1. The molecule has 104 valence electrons. The van der Waals surface area contributed by atoms with E-state index in [1.54, 1.807) is 6.07 Å². The van der Waals surface area contributed by atoms with Crippen LogP contribution in [0.5, 0.6) is 0 Å². The van der Waals surface area contributed by atoms with E-state index in [-0.39, 0.29) is 29.1 Å². The van der Waals surface area contributed by atoms with Crippen LogP contribution >= 0.6 is 11.6 Å². The molecule has 1 atom stereocenters. The van der Waals surface area contributed by atoms with E-state index in [1.807, 2.05) is 13.8 Å². The molecule has 6 heteroatoms. The third kappa shape index (κ3) is 4.89. The van der Waals surface area contributed by atoms with Gasteiger partial charge >= 0.3 is 0 Å². The Hall–Kier alpha value is -1.59. The molecule has 0 fully saturated rings. The number of hydrogen-bond acceptors (Lipinski definition) is 3. The summed E-state index contributed by atoms with van der Waals surface area (Å²) in [6.07, 6.45) is 0.951. The lowest BCUT2D eigenvalue weighted by Gasteiger charge is -2.11. The normalized spacial score (nSPS) is 11.9. The molecule has 0 aromatic heterocycles. The minimum atomic E-state index is -0.596. The predicted octanol–water partition coefficient (Wildman–Crippen LogP) is 1.77. The maximum absolute atomic E-state index is 11.7. The number of nitrogens with two attached hydrogens (primary N) is 1. The molecular weight excluding hydrogens is 266 g/mol. The lowest BCUT2D eigenvalue weighted by atomic mass is 10.2. The van der Waals surface area contributed by atoms with Gasteiger partial charge in [0.05, 0.1) is 17.1 Å². The van der Waals surface area contributed by atoms with Crippen LogP contribution in [0.4, 0.5) is 5.69 Å². The van der Waals surface area contributed by atoms with Crippen LogP contribution in [-0.4, -0.2) is 24.4 Å². The first-order valence-electron chi connectivity index (χ1n) is 6.06. The van der Waals surface area contributed by atoms with Crippen molar-refractivity contribution in [2.45, 2.75) is 26.3 Å². The molecule has 0 saturated heterocycles. The van der Waals surface area contributed by atoms with Crippen LogP contribution < -0.4 is 16.4 Å². The van der Waals surface area contributed by atoms with Gasteiger partial charge in [0.2, 0.25) is 11.8 Å². The molecule has 19 heavy (non-hydrogen) atoms. The van der Waals surface area contributed by atoms with Crippen LogP contribution in [-0.2, 0) is 4.79 Å². The summed E-state index contributed by atoms with van der Waals surface area (Å²) in [7, 11) is 0. The quantitative estimate of drug-likeness (QED) is 0.744. The number of primary amides is 1. The van der Waals surface area contributed by atoms with Crippen LogP contribution in [0.1, 0.15) is 30.6 Å². The van der Waals surface area contributed by atoms with E-state index in [0.29, 0.717) is 5.69 Å². The van der Waals surface area contributed by atoms with E-state index in [1.165, 1.54) is 12.1 Å². The molecule has 1 aromatic rings. The van der Waals surface area contributed by atoms with Gasteiger partial charge in [-0.1, -0.05) is 18.5 Å². The van der Waals surface area contributed by atoms with Crippen molar-refractivity contribution in [1.29, 1.82) is 0 Å². The molecule has 2 amide bonds. The summed E-state index contributed by atoms with van der Waals surface area (Å²) in [5.41, 5.74) is 5.91. The van der Waals surface area contributed by atoms with Gasteiger partial charge in [0.1, 0.15) is 0 Å². The monoisotopic (exact) mass is 283 g/mol. The summed E-state index contributed by atoms with van der Waals surface area (Å²) in [5.74, 6) is -0.760. The minimum absolute atomic E-state index is 0.164. The molecule has 0 bridgehead atoms. The van der Waals surface area contributed by atoms with E-state index >= 15 is 0 Å². The summed E-state index contributed by atoms with van der Waals surface area (Å²) in [6.45, 7) is 4.27. The number of amides is 2. The van der Waals surface area contributed by atoms with Crippen molar-refractivity contribution < 1.29 is 9.59 Å². The second-order valence-corrected chi connectivity index (χ2v) is 4.70.